The molecule has 104 valence electrons. The fraction of sp³-hybridized carbons (Fsp3) is 0.214. The minimum atomic E-state index is 0.0336. The molecule has 0 aliphatic heterocycles. The van der Waals surface area contributed by atoms with Gasteiger partial charge in [-0.2, -0.15) is 0 Å². The van der Waals surface area contributed by atoms with Crippen molar-refractivity contribution in [1.82, 2.24) is 9.97 Å². The molecule has 0 radical (unpaired) electrons. The van der Waals surface area contributed by atoms with E-state index in [0.717, 1.165) is 21.3 Å². The van der Waals surface area contributed by atoms with Crippen LogP contribution in [0.15, 0.2) is 35.1 Å². The van der Waals surface area contributed by atoms with Gasteiger partial charge in [0, 0.05) is 28.0 Å². The largest absolute Gasteiger partial charge is 0.496 e. The third kappa shape index (κ3) is 3.54. The highest BCUT2D eigenvalue weighted by Crippen LogP contribution is 2.31. The van der Waals surface area contributed by atoms with E-state index in [1.54, 1.807) is 19.5 Å². The van der Waals surface area contributed by atoms with E-state index in [1.807, 2.05) is 18.2 Å². The van der Waals surface area contributed by atoms with Gasteiger partial charge < -0.3 is 10.1 Å². The maximum atomic E-state index is 10.9. The predicted molar refractivity (Wildman–Crippen MR) is 80.9 cm³/mol. The SMILES string of the molecule is COc1ccc(Br)cc1-c1cnc(NCC(C)=O)nc1. The van der Waals surface area contributed by atoms with Crippen molar-refractivity contribution >= 4 is 27.7 Å². The van der Waals surface area contributed by atoms with Crippen LogP contribution in [0.1, 0.15) is 6.92 Å². The number of hydrogen-bond acceptors (Lipinski definition) is 5. The van der Waals surface area contributed by atoms with Crippen LogP contribution in [0.25, 0.3) is 11.1 Å². The highest BCUT2D eigenvalue weighted by atomic mass is 79.9. The molecule has 1 N–H and O–H groups in total. The summed E-state index contributed by atoms with van der Waals surface area (Å²) in [4.78, 5) is 19.3. The van der Waals surface area contributed by atoms with E-state index in [0.29, 0.717) is 5.95 Å². The molecule has 0 fully saturated rings. The van der Waals surface area contributed by atoms with Gasteiger partial charge in [-0.15, -0.1) is 0 Å². The normalized spacial score (nSPS) is 10.2. The highest BCUT2D eigenvalue weighted by molar-refractivity contribution is 9.10. The van der Waals surface area contributed by atoms with Crippen molar-refractivity contribution in [1.29, 1.82) is 0 Å². The number of hydrogen-bond donors (Lipinski definition) is 1. The van der Waals surface area contributed by atoms with Crippen LogP contribution in [-0.2, 0) is 4.79 Å². The Morgan fingerprint density at radius 2 is 2.05 bits per heavy atom. The zero-order valence-electron chi connectivity index (χ0n) is 11.2. The molecule has 0 saturated heterocycles. The number of aromatic nitrogens is 2. The van der Waals surface area contributed by atoms with Crippen molar-refractivity contribution in [2.75, 3.05) is 19.0 Å². The van der Waals surface area contributed by atoms with E-state index in [4.69, 9.17) is 4.74 Å². The third-order valence-electron chi connectivity index (χ3n) is 2.62. The predicted octanol–water partition coefficient (Wildman–Crippen LogP) is 2.92. The molecule has 0 aliphatic carbocycles. The molecule has 1 heterocycles. The number of rotatable bonds is 5. The van der Waals surface area contributed by atoms with E-state index in [9.17, 15) is 4.79 Å². The molecule has 0 saturated carbocycles. The maximum Gasteiger partial charge on any atom is 0.222 e. The molecule has 0 atom stereocenters. The average Bonchev–Trinajstić information content (AvgIpc) is 2.45. The number of nitrogens with one attached hydrogen (secondary N) is 1. The lowest BCUT2D eigenvalue weighted by molar-refractivity contribution is -0.115. The summed E-state index contributed by atoms with van der Waals surface area (Å²) in [5.74, 6) is 1.21. The average molecular weight is 336 g/mol. The standard InChI is InChI=1S/C14H14BrN3O2/c1-9(19)6-16-14-17-7-10(8-18-14)12-5-11(15)3-4-13(12)20-2/h3-5,7-8H,6H2,1-2H3,(H,16,17,18). The summed E-state index contributed by atoms with van der Waals surface area (Å²) < 4.78 is 6.28. The van der Waals surface area contributed by atoms with E-state index in [1.165, 1.54) is 6.92 Å². The van der Waals surface area contributed by atoms with E-state index < -0.39 is 0 Å². The van der Waals surface area contributed by atoms with Crippen LogP contribution in [0.2, 0.25) is 0 Å². The summed E-state index contributed by atoms with van der Waals surface area (Å²) in [6.45, 7) is 1.73. The number of methoxy groups -OCH3 is 1. The molecule has 0 amide bonds. The molecule has 0 unspecified atom stereocenters. The van der Waals surface area contributed by atoms with E-state index >= 15 is 0 Å². The fourth-order valence-electron chi connectivity index (χ4n) is 1.67. The van der Waals surface area contributed by atoms with Gasteiger partial charge in [0.05, 0.1) is 13.7 Å². The number of carbonyl (C=O) groups excluding carboxylic acids is 1. The highest BCUT2D eigenvalue weighted by Gasteiger charge is 2.08. The summed E-state index contributed by atoms with van der Waals surface area (Å²) in [6.07, 6.45) is 3.39. The lowest BCUT2D eigenvalue weighted by Crippen LogP contribution is -2.11. The van der Waals surface area contributed by atoms with Crippen LogP contribution >= 0.6 is 15.9 Å². The van der Waals surface area contributed by atoms with Crippen LogP contribution in [0, 0.1) is 0 Å². The molecule has 0 spiro atoms. The first-order valence-corrected chi connectivity index (χ1v) is 6.78. The van der Waals surface area contributed by atoms with Gasteiger partial charge in [-0.05, 0) is 25.1 Å². The molecular weight excluding hydrogens is 322 g/mol. The third-order valence-corrected chi connectivity index (χ3v) is 3.11. The quantitative estimate of drug-likeness (QED) is 0.910. The summed E-state index contributed by atoms with van der Waals surface area (Å²) in [5, 5.41) is 2.85. The monoisotopic (exact) mass is 335 g/mol. The summed E-state index contributed by atoms with van der Waals surface area (Å²) >= 11 is 3.43. The lowest BCUT2D eigenvalue weighted by atomic mass is 10.1. The molecule has 2 aromatic rings. The molecule has 1 aromatic carbocycles. The smallest absolute Gasteiger partial charge is 0.222 e. The molecule has 2 rings (SSSR count). The number of anilines is 1. The second-order valence-electron chi connectivity index (χ2n) is 4.20. The molecule has 6 heteroatoms. The van der Waals surface area contributed by atoms with Gasteiger partial charge in [0.2, 0.25) is 5.95 Å². The lowest BCUT2D eigenvalue weighted by Gasteiger charge is -2.09. The molecule has 1 aromatic heterocycles. The van der Waals surface area contributed by atoms with Crippen molar-refractivity contribution in [3.63, 3.8) is 0 Å². The molecule has 0 aliphatic rings. The topological polar surface area (TPSA) is 64.1 Å². The second kappa shape index (κ2) is 6.47. The summed E-state index contributed by atoms with van der Waals surface area (Å²) in [6, 6.07) is 5.73. The summed E-state index contributed by atoms with van der Waals surface area (Å²) in [7, 11) is 1.62. The van der Waals surface area contributed by atoms with Gasteiger partial charge in [0.15, 0.2) is 0 Å². The second-order valence-corrected chi connectivity index (χ2v) is 5.11. The van der Waals surface area contributed by atoms with Crippen LogP contribution in [-0.4, -0.2) is 29.4 Å². The molecule has 20 heavy (non-hydrogen) atoms. The van der Waals surface area contributed by atoms with Gasteiger partial charge in [0.25, 0.3) is 0 Å². The van der Waals surface area contributed by atoms with Crippen molar-refractivity contribution in [3.05, 3.63) is 35.1 Å². The number of nitrogens with zero attached hydrogens (tertiary/aromatic N) is 2. The van der Waals surface area contributed by atoms with Gasteiger partial charge in [-0.1, -0.05) is 15.9 Å². The Bertz CT molecular complexity index is 614. The van der Waals surface area contributed by atoms with Gasteiger partial charge in [-0.25, -0.2) is 9.97 Å². The number of halogens is 1. The van der Waals surface area contributed by atoms with Crippen LogP contribution in [0.4, 0.5) is 5.95 Å². The summed E-state index contributed by atoms with van der Waals surface area (Å²) in [5.41, 5.74) is 1.75. The fourth-order valence-corrected chi connectivity index (χ4v) is 2.03. The van der Waals surface area contributed by atoms with Crippen molar-refractivity contribution in [3.8, 4) is 16.9 Å². The van der Waals surface area contributed by atoms with Crippen molar-refractivity contribution in [2.24, 2.45) is 0 Å². The Hall–Kier alpha value is -1.95. The van der Waals surface area contributed by atoms with E-state index in [-0.39, 0.29) is 12.3 Å². The van der Waals surface area contributed by atoms with Crippen LogP contribution in [0.3, 0.4) is 0 Å². The molecule has 5 nitrogen and oxygen atoms in total. The van der Waals surface area contributed by atoms with E-state index in [2.05, 4.69) is 31.2 Å². The number of benzene rings is 1. The number of ketones is 1. The first-order chi connectivity index (χ1) is 9.60. The Balaban J connectivity index is 2.25. The Morgan fingerprint density at radius 3 is 2.65 bits per heavy atom. The van der Waals surface area contributed by atoms with Crippen LogP contribution < -0.4 is 10.1 Å². The van der Waals surface area contributed by atoms with Crippen molar-refractivity contribution in [2.45, 2.75) is 6.92 Å². The maximum absolute atomic E-state index is 10.9. The van der Waals surface area contributed by atoms with Crippen molar-refractivity contribution < 1.29 is 9.53 Å². The first kappa shape index (κ1) is 14.5. The number of carbonyl (C=O) groups is 1. The zero-order valence-corrected chi connectivity index (χ0v) is 12.8. The zero-order chi connectivity index (χ0) is 14.5. The number of ether oxygens (including phenoxy) is 1. The Morgan fingerprint density at radius 1 is 1.35 bits per heavy atom. The van der Waals surface area contributed by atoms with Gasteiger partial charge in [-0.3, -0.25) is 4.79 Å². The Labute approximate surface area is 125 Å². The van der Waals surface area contributed by atoms with Crippen LogP contribution in [0.5, 0.6) is 5.75 Å². The molecule has 0 bridgehead atoms. The number of Topliss-reactive ketones (excluding diaryl/α,β-unsaturated/α-hetero) is 1. The first-order valence-electron chi connectivity index (χ1n) is 5.99. The minimum Gasteiger partial charge on any atom is -0.496 e. The molecular formula is C14H14BrN3O2. The minimum absolute atomic E-state index is 0.0336. The van der Waals surface area contributed by atoms with Gasteiger partial charge >= 0.3 is 0 Å². The Kier molecular flexibility index (Phi) is 4.68. The van der Waals surface area contributed by atoms with Gasteiger partial charge in [0.1, 0.15) is 11.5 Å².